The third kappa shape index (κ3) is 1.59. The normalized spacial score (nSPS) is 10.5. The van der Waals surface area contributed by atoms with Gasteiger partial charge in [0.2, 0.25) is 0 Å². The van der Waals surface area contributed by atoms with E-state index in [4.69, 9.17) is 5.73 Å². The van der Waals surface area contributed by atoms with Crippen molar-refractivity contribution in [3.8, 4) is 0 Å². The molecule has 0 radical (unpaired) electrons. The molecule has 0 atom stereocenters. The number of hydrogen-bond acceptors (Lipinski definition) is 3. The molecule has 0 saturated carbocycles. The van der Waals surface area contributed by atoms with Crippen LogP contribution in [0.5, 0.6) is 0 Å². The molecule has 2 rings (SSSR count). The van der Waals surface area contributed by atoms with Crippen molar-refractivity contribution < 1.29 is 11.0 Å². The summed E-state index contributed by atoms with van der Waals surface area (Å²) < 4.78 is 4.67. The van der Waals surface area contributed by atoms with Gasteiger partial charge in [-0.25, -0.2) is 4.79 Å². The predicted molar refractivity (Wildman–Crippen MR) is 59.6 cm³/mol. The Hall–Kier alpha value is -1.81. The number of esters is 1. The number of H-pyrrole nitrogens is 1. The summed E-state index contributed by atoms with van der Waals surface area (Å²) in [5, 5.41) is 1.05. The number of fused-ring (bicyclic) bond motifs is 1. The molecule has 0 fully saturated rings. The molecule has 0 unspecified atom stereocenters. The lowest BCUT2D eigenvalue weighted by atomic mass is 10.1. The number of benzene rings is 1. The van der Waals surface area contributed by atoms with Crippen molar-refractivity contribution in [3.63, 3.8) is 0 Å². The van der Waals surface area contributed by atoms with Crippen LogP contribution >= 0.6 is 0 Å². The number of carbonyl (C=O) groups is 1. The van der Waals surface area contributed by atoms with Gasteiger partial charge >= 0.3 is 5.97 Å². The number of nitrogens with one attached hydrogen (secondary N) is 1. The first-order valence-electron chi connectivity index (χ1n) is 4.64. The van der Waals surface area contributed by atoms with Gasteiger partial charge in [0.15, 0.2) is 0 Å². The Morgan fingerprint density at radius 1 is 1.60 bits per heavy atom. The van der Waals surface area contributed by atoms with E-state index in [1.54, 1.807) is 12.1 Å². The molecule has 80 valence electrons. The van der Waals surface area contributed by atoms with Gasteiger partial charge in [0.05, 0.1) is 12.7 Å². The van der Waals surface area contributed by atoms with Gasteiger partial charge in [-0.2, -0.15) is 0 Å². The molecule has 0 aliphatic carbocycles. The van der Waals surface area contributed by atoms with Crippen LogP contribution in [0.15, 0.2) is 24.4 Å². The van der Waals surface area contributed by atoms with Crippen molar-refractivity contribution >= 4 is 16.9 Å². The summed E-state index contributed by atoms with van der Waals surface area (Å²) in [7, 11) is 1.36. The fourth-order valence-electron chi connectivity index (χ4n) is 1.65. The highest BCUT2D eigenvalue weighted by molar-refractivity contribution is 5.95. The predicted octanol–water partition coefficient (Wildman–Crippen LogP) is 1.66. The van der Waals surface area contributed by atoms with Gasteiger partial charge in [-0.15, -0.1) is 0 Å². The fourth-order valence-corrected chi connectivity index (χ4v) is 1.65. The maximum absolute atomic E-state index is 11.4. The Kier molecular flexibility index (Phi) is 2.43. The van der Waals surface area contributed by atoms with Crippen molar-refractivity contribution in [2.45, 2.75) is 6.54 Å². The van der Waals surface area contributed by atoms with Crippen LogP contribution in [0.2, 0.25) is 0 Å². The molecular formula is C11H14N2O2. The van der Waals surface area contributed by atoms with Crippen LogP contribution in [0.25, 0.3) is 10.9 Å². The third-order valence-electron chi connectivity index (χ3n) is 2.40. The largest absolute Gasteiger partial charge is 0.465 e. The molecule has 0 aliphatic rings. The van der Waals surface area contributed by atoms with E-state index >= 15 is 0 Å². The maximum atomic E-state index is 11.4. The van der Waals surface area contributed by atoms with E-state index < -0.39 is 0 Å². The minimum absolute atomic E-state index is 0. The number of ether oxygens (including phenoxy) is 1. The standard InChI is InChI=1S/C11H12N2O2.H2/c1-15-11(14)7-4-8(6-12)9-2-3-13-10(9)5-7;/h2-5,13H,6,12H2,1H3;1H. The van der Waals surface area contributed by atoms with Gasteiger partial charge in [0.1, 0.15) is 0 Å². The maximum Gasteiger partial charge on any atom is 0.337 e. The Morgan fingerprint density at radius 3 is 3.07 bits per heavy atom. The lowest BCUT2D eigenvalue weighted by molar-refractivity contribution is 0.0601. The summed E-state index contributed by atoms with van der Waals surface area (Å²) in [6.45, 7) is 0.402. The highest BCUT2D eigenvalue weighted by Gasteiger charge is 2.09. The fraction of sp³-hybridized carbons (Fsp3) is 0.182. The lowest BCUT2D eigenvalue weighted by Gasteiger charge is -2.04. The Bertz CT molecular complexity index is 508. The SMILES string of the molecule is COC(=O)c1cc(CN)c2cc[nH]c2c1.[HH]. The molecule has 4 heteroatoms. The molecule has 0 amide bonds. The molecule has 15 heavy (non-hydrogen) atoms. The number of nitrogens with two attached hydrogens (primary N) is 1. The van der Waals surface area contributed by atoms with E-state index in [1.165, 1.54) is 7.11 Å². The zero-order chi connectivity index (χ0) is 10.8. The first-order valence-corrected chi connectivity index (χ1v) is 4.64. The van der Waals surface area contributed by atoms with Gasteiger partial charge in [0.25, 0.3) is 0 Å². The Balaban J connectivity index is 0.00000128. The van der Waals surface area contributed by atoms with Crippen molar-refractivity contribution in [1.82, 2.24) is 4.98 Å². The second-order valence-electron chi connectivity index (χ2n) is 3.27. The molecule has 4 nitrogen and oxygen atoms in total. The van der Waals surface area contributed by atoms with Crippen LogP contribution in [-0.4, -0.2) is 18.1 Å². The quantitative estimate of drug-likeness (QED) is 0.734. The average Bonchev–Trinajstić information content (AvgIpc) is 2.74. The molecule has 2 aromatic rings. The molecule has 0 spiro atoms. The van der Waals surface area contributed by atoms with Gasteiger partial charge in [-0.3, -0.25) is 0 Å². The van der Waals surface area contributed by atoms with Crippen molar-refractivity contribution in [2.24, 2.45) is 5.73 Å². The molecule has 1 heterocycles. The molecular weight excluding hydrogens is 192 g/mol. The van der Waals surface area contributed by atoms with Gasteiger partial charge in [0, 0.05) is 25.1 Å². The van der Waals surface area contributed by atoms with Gasteiger partial charge in [-0.1, -0.05) is 0 Å². The Morgan fingerprint density at radius 2 is 2.40 bits per heavy atom. The molecule has 1 aromatic carbocycles. The summed E-state index contributed by atoms with van der Waals surface area (Å²) >= 11 is 0. The first-order chi connectivity index (χ1) is 7.26. The molecule has 3 N–H and O–H groups in total. The summed E-state index contributed by atoms with van der Waals surface area (Å²) in [6.07, 6.45) is 1.82. The zero-order valence-corrected chi connectivity index (χ0v) is 8.41. The summed E-state index contributed by atoms with van der Waals surface area (Å²) in [5.41, 5.74) is 7.98. The molecule has 0 aliphatic heterocycles. The average molecular weight is 206 g/mol. The van der Waals surface area contributed by atoms with Crippen LogP contribution < -0.4 is 5.73 Å². The van der Waals surface area contributed by atoms with Gasteiger partial charge in [-0.05, 0) is 23.8 Å². The number of hydrogen-bond donors (Lipinski definition) is 2. The van der Waals surface area contributed by atoms with E-state index in [-0.39, 0.29) is 7.40 Å². The molecule has 0 saturated heterocycles. The van der Waals surface area contributed by atoms with E-state index in [1.807, 2.05) is 12.3 Å². The highest BCUT2D eigenvalue weighted by atomic mass is 16.5. The molecule has 0 bridgehead atoms. The summed E-state index contributed by atoms with van der Waals surface area (Å²) in [6, 6.07) is 5.47. The minimum Gasteiger partial charge on any atom is -0.465 e. The first kappa shape index (κ1) is 9.73. The summed E-state index contributed by atoms with van der Waals surface area (Å²) in [5.74, 6) is -0.346. The third-order valence-corrected chi connectivity index (χ3v) is 2.40. The number of methoxy groups -OCH3 is 1. The van der Waals surface area contributed by atoms with E-state index in [9.17, 15) is 4.79 Å². The van der Waals surface area contributed by atoms with E-state index in [2.05, 4.69) is 9.72 Å². The molecule has 1 aromatic heterocycles. The second-order valence-corrected chi connectivity index (χ2v) is 3.27. The highest BCUT2D eigenvalue weighted by Crippen LogP contribution is 2.20. The van der Waals surface area contributed by atoms with E-state index in [0.717, 1.165) is 16.5 Å². The smallest absolute Gasteiger partial charge is 0.337 e. The van der Waals surface area contributed by atoms with Crippen LogP contribution in [0.1, 0.15) is 17.3 Å². The number of rotatable bonds is 2. The van der Waals surface area contributed by atoms with Crippen LogP contribution in [0, 0.1) is 0 Å². The van der Waals surface area contributed by atoms with Crippen molar-refractivity contribution in [1.29, 1.82) is 0 Å². The summed E-state index contributed by atoms with van der Waals surface area (Å²) in [4.78, 5) is 14.4. The lowest BCUT2D eigenvalue weighted by Crippen LogP contribution is -2.04. The van der Waals surface area contributed by atoms with Crippen molar-refractivity contribution in [3.05, 3.63) is 35.5 Å². The second kappa shape index (κ2) is 3.74. The number of carbonyl (C=O) groups excluding carboxylic acids is 1. The minimum atomic E-state index is -0.346. The van der Waals surface area contributed by atoms with Crippen LogP contribution in [0.4, 0.5) is 0 Å². The van der Waals surface area contributed by atoms with Crippen LogP contribution in [0.3, 0.4) is 0 Å². The topological polar surface area (TPSA) is 68.1 Å². The monoisotopic (exact) mass is 206 g/mol. The van der Waals surface area contributed by atoms with Crippen LogP contribution in [-0.2, 0) is 11.3 Å². The van der Waals surface area contributed by atoms with E-state index in [0.29, 0.717) is 12.1 Å². The number of aromatic amines is 1. The number of aromatic nitrogens is 1. The zero-order valence-electron chi connectivity index (χ0n) is 8.41. The Labute approximate surface area is 88.5 Å². The van der Waals surface area contributed by atoms with Crippen molar-refractivity contribution in [2.75, 3.05) is 7.11 Å². The van der Waals surface area contributed by atoms with Gasteiger partial charge < -0.3 is 15.5 Å².